The maximum atomic E-state index is 13.1. The molecule has 0 amide bonds. The second-order valence-electron chi connectivity index (χ2n) is 8.59. The Balaban J connectivity index is 1.85. The summed E-state index contributed by atoms with van der Waals surface area (Å²) in [6, 6.07) is 1.92. The van der Waals surface area contributed by atoms with Gasteiger partial charge in [0, 0.05) is 55.0 Å². The lowest BCUT2D eigenvalue weighted by Gasteiger charge is -2.29. The van der Waals surface area contributed by atoms with Crippen LogP contribution in [0.25, 0.3) is 22.2 Å². The van der Waals surface area contributed by atoms with E-state index in [0.717, 1.165) is 11.4 Å². The van der Waals surface area contributed by atoms with Gasteiger partial charge in [0.2, 0.25) is 0 Å². The molecular formula is C21H29N7O3S. The van der Waals surface area contributed by atoms with Crippen LogP contribution in [0.15, 0.2) is 17.1 Å². The first kappa shape index (κ1) is 22.2. The van der Waals surface area contributed by atoms with E-state index in [9.17, 15) is 13.8 Å². The molecule has 1 atom stereocenters. The fraction of sp³-hybridized carbons (Fsp3) is 0.524. The van der Waals surface area contributed by atoms with E-state index in [1.54, 1.807) is 9.80 Å². The summed E-state index contributed by atoms with van der Waals surface area (Å²) in [6.45, 7) is 9.76. The number of rotatable bonds is 5. The summed E-state index contributed by atoms with van der Waals surface area (Å²) in [5.41, 5.74) is 7.85. The minimum Gasteiger partial charge on any atom is -0.382 e. The third-order valence-corrected chi connectivity index (χ3v) is 8.36. The number of nitrogens with one attached hydrogen (secondary N) is 1. The Bertz CT molecular complexity index is 1360. The number of nitrogens with zero attached hydrogens (tertiary/aromatic N) is 5. The van der Waals surface area contributed by atoms with Gasteiger partial charge in [0.05, 0.1) is 20.7 Å². The highest BCUT2D eigenvalue weighted by atomic mass is 32.2. The Labute approximate surface area is 186 Å². The number of anilines is 2. The topological polar surface area (TPSA) is 132 Å². The highest BCUT2D eigenvalue weighted by molar-refractivity contribution is 8.00. The first-order chi connectivity index (χ1) is 15.2. The van der Waals surface area contributed by atoms with Crippen LogP contribution in [0.3, 0.4) is 0 Å². The zero-order valence-corrected chi connectivity index (χ0v) is 19.6. The molecule has 1 aliphatic rings. The molecule has 1 aliphatic heterocycles. The van der Waals surface area contributed by atoms with Crippen molar-refractivity contribution in [1.29, 1.82) is 0 Å². The van der Waals surface area contributed by atoms with Crippen LogP contribution in [-0.2, 0) is 20.9 Å². The zero-order valence-electron chi connectivity index (χ0n) is 18.8. The molecule has 172 valence electrons. The Kier molecular flexibility index (Phi) is 5.64. The Morgan fingerprint density at radius 2 is 1.97 bits per heavy atom. The third kappa shape index (κ3) is 3.61. The molecule has 4 rings (SSSR count). The predicted molar refractivity (Wildman–Crippen MR) is 127 cm³/mol. The van der Waals surface area contributed by atoms with E-state index >= 15 is 0 Å². The molecule has 1 fully saturated rings. The Hall–Kier alpha value is -3.04. The molecule has 0 unspecified atom stereocenters. The number of nitrogens with two attached hydrogens (primary N) is 1. The fourth-order valence-corrected chi connectivity index (χ4v) is 5.45. The maximum absolute atomic E-state index is 13.1. The van der Waals surface area contributed by atoms with Gasteiger partial charge in [0.1, 0.15) is 11.2 Å². The van der Waals surface area contributed by atoms with Gasteiger partial charge >= 0.3 is 0 Å². The molecule has 0 saturated carbocycles. The number of aryl methyl sites for hydroxylation is 1. The normalized spacial score (nSPS) is 17.1. The summed E-state index contributed by atoms with van der Waals surface area (Å²) in [4.78, 5) is 26.3. The van der Waals surface area contributed by atoms with Crippen LogP contribution in [0, 0.1) is 5.92 Å². The second-order valence-corrected chi connectivity index (χ2v) is 11.2. The van der Waals surface area contributed by atoms with Crippen molar-refractivity contribution in [3.8, 4) is 11.3 Å². The number of hydrogen-bond acceptors (Lipinski definition) is 7. The minimum atomic E-state index is -2.53. The van der Waals surface area contributed by atoms with Gasteiger partial charge in [-0.25, -0.2) is 9.48 Å². The molecule has 4 heterocycles. The fourth-order valence-electron chi connectivity index (χ4n) is 4.04. The monoisotopic (exact) mass is 459 g/mol. The smallest absolute Gasteiger partial charge is 0.264 e. The third-order valence-electron chi connectivity index (χ3n) is 6.38. The van der Waals surface area contributed by atoms with Crippen LogP contribution >= 0.6 is 0 Å². The van der Waals surface area contributed by atoms with Gasteiger partial charge in [-0.05, 0) is 19.8 Å². The number of H-pyrrole nitrogens is 1. The second kappa shape index (κ2) is 8.14. The van der Waals surface area contributed by atoms with Crippen LogP contribution in [0.4, 0.5) is 11.6 Å². The van der Waals surface area contributed by atoms with Crippen LogP contribution in [0.1, 0.15) is 33.7 Å². The first-order valence-electron chi connectivity index (χ1n) is 10.8. The molecule has 3 N–H and O–H groups in total. The summed E-state index contributed by atoms with van der Waals surface area (Å²) >= 11 is 0. The highest BCUT2D eigenvalue weighted by Gasteiger charge is 2.25. The first-order valence-corrected chi connectivity index (χ1v) is 12.7. The lowest BCUT2D eigenvalue weighted by Crippen LogP contribution is -2.41. The van der Waals surface area contributed by atoms with Gasteiger partial charge < -0.3 is 15.2 Å². The average Bonchev–Trinajstić information content (AvgIpc) is 3.38. The SMILES string of the molecule is CCn1nc(-c2cn([C@@H](C)C(C)C)c(=O)c3c(N)n[nH]c23)cc1N1CCS(=O)(=C=O)CC1. The van der Waals surface area contributed by atoms with E-state index in [4.69, 9.17) is 10.8 Å². The van der Waals surface area contributed by atoms with E-state index in [1.165, 1.54) is 0 Å². The number of hydrogen-bond donors (Lipinski definition) is 2. The number of aromatic amines is 1. The van der Waals surface area contributed by atoms with Crippen molar-refractivity contribution in [3.05, 3.63) is 22.6 Å². The van der Waals surface area contributed by atoms with Crippen molar-refractivity contribution in [2.75, 3.05) is 35.2 Å². The number of carbonyl (C=O) groups excluding carboxylic acids is 1. The summed E-state index contributed by atoms with van der Waals surface area (Å²) in [7, 11) is -2.53. The molecule has 0 radical (unpaired) electrons. The van der Waals surface area contributed by atoms with Crippen molar-refractivity contribution in [2.45, 2.75) is 40.3 Å². The molecule has 0 spiro atoms. The lowest BCUT2D eigenvalue weighted by atomic mass is 10.0. The molecule has 11 heteroatoms. The summed E-state index contributed by atoms with van der Waals surface area (Å²) in [5.74, 6) is 1.87. The summed E-state index contributed by atoms with van der Waals surface area (Å²) in [5, 5.41) is 13.9. The number of fused-ring (bicyclic) bond motifs is 1. The van der Waals surface area contributed by atoms with E-state index in [-0.39, 0.29) is 23.3 Å². The lowest BCUT2D eigenvalue weighted by molar-refractivity contribution is 0.400. The van der Waals surface area contributed by atoms with Crippen LogP contribution < -0.4 is 16.2 Å². The Morgan fingerprint density at radius 1 is 1.28 bits per heavy atom. The quantitative estimate of drug-likeness (QED) is 0.554. The molecule has 10 nitrogen and oxygen atoms in total. The highest BCUT2D eigenvalue weighted by Crippen LogP contribution is 2.31. The van der Waals surface area contributed by atoms with E-state index < -0.39 is 9.52 Å². The van der Waals surface area contributed by atoms with E-state index in [1.807, 2.05) is 30.8 Å². The van der Waals surface area contributed by atoms with Crippen molar-refractivity contribution >= 4 is 37.3 Å². The molecular weight excluding hydrogens is 430 g/mol. The van der Waals surface area contributed by atoms with Gasteiger partial charge in [0.25, 0.3) is 5.56 Å². The molecule has 3 aromatic rings. The number of pyridine rings is 1. The maximum Gasteiger partial charge on any atom is 0.264 e. The molecule has 0 aliphatic carbocycles. The van der Waals surface area contributed by atoms with Gasteiger partial charge in [0.15, 0.2) is 11.1 Å². The van der Waals surface area contributed by atoms with Crippen LogP contribution in [-0.4, -0.2) is 58.6 Å². The van der Waals surface area contributed by atoms with Gasteiger partial charge in [-0.15, -0.1) is 0 Å². The molecule has 1 saturated heterocycles. The zero-order chi connectivity index (χ0) is 23.2. The van der Waals surface area contributed by atoms with Gasteiger partial charge in [-0.3, -0.25) is 14.1 Å². The molecule has 3 aromatic heterocycles. The van der Waals surface area contributed by atoms with Crippen molar-refractivity contribution < 1.29 is 9.00 Å². The largest absolute Gasteiger partial charge is 0.382 e. The van der Waals surface area contributed by atoms with Crippen LogP contribution in [0.2, 0.25) is 0 Å². The molecule has 0 aromatic carbocycles. The summed E-state index contributed by atoms with van der Waals surface area (Å²) < 4.78 is 15.9. The summed E-state index contributed by atoms with van der Waals surface area (Å²) in [6.07, 6.45) is 1.82. The van der Waals surface area contributed by atoms with Crippen molar-refractivity contribution in [2.24, 2.45) is 5.92 Å². The number of nitrogen functional groups attached to an aromatic ring is 1. The number of aromatic nitrogens is 5. The molecule has 0 bridgehead atoms. The van der Waals surface area contributed by atoms with Crippen molar-refractivity contribution in [1.82, 2.24) is 24.5 Å². The molecule has 32 heavy (non-hydrogen) atoms. The Morgan fingerprint density at radius 3 is 2.56 bits per heavy atom. The minimum absolute atomic E-state index is 0.0393. The standard InChI is InChI=1S/C21H29N7O3S/c1-5-28-17(26-6-8-32(31,12-29)9-7-26)10-16(25-28)15-11-27(14(4)13(2)3)21(30)18-19(15)23-24-20(18)22/h10-11,13-14H,5-9H2,1-4H3,(H3,22,23,24)/t14-/m0/s1. The van der Waals surface area contributed by atoms with E-state index in [0.29, 0.717) is 47.7 Å². The average molecular weight is 460 g/mol. The predicted octanol–water partition coefficient (Wildman–Crippen LogP) is 1.58. The van der Waals surface area contributed by atoms with Crippen LogP contribution in [0.5, 0.6) is 0 Å². The van der Waals surface area contributed by atoms with Crippen molar-refractivity contribution in [3.63, 3.8) is 0 Å². The van der Waals surface area contributed by atoms with Gasteiger partial charge in [-0.2, -0.15) is 10.2 Å². The van der Waals surface area contributed by atoms with E-state index in [2.05, 4.69) is 28.9 Å². The van der Waals surface area contributed by atoms with Gasteiger partial charge in [-0.1, -0.05) is 13.8 Å².